The molecule has 0 saturated heterocycles. The van der Waals surface area contributed by atoms with Gasteiger partial charge in [-0.25, -0.2) is 0 Å². The van der Waals surface area contributed by atoms with Crippen LogP contribution in [-0.4, -0.2) is 31.6 Å². The Balaban J connectivity index is 2.12. The summed E-state index contributed by atoms with van der Waals surface area (Å²) in [6.07, 6.45) is 0.202. The van der Waals surface area contributed by atoms with E-state index in [1.807, 2.05) is 25.1 Å². The number of rotatable bonds is 7. The lowest BCUT2D eigenvalue weighted by Gasteiger charge is -2.08. The Kier molecular flexibility index (Phi) is 7.04. The second kappa shape index (κ2) is 8.93. The molecule has 0 radical (unpaired) electrons. The van der Waals surface area contributed by atoms with E-state index in [1.165, 1.54) is 0 Å². The van der Waals surface area contributed by atoms with E-state index in [1.54, 1.807) is 12.1 Å². The maximum Gasteiger partial charge on any atom is 0.276 e. The summed E-state index contributed by atoms with van der Waals surface area (Å²) >= 11 is 0. The lowest BCUT2D eigenvalue weighted by molar-refractivity contribution is -0.130. The smallest absolute Gasteiger partial charge is 0.276 e. The zero-order valence-electron chi connectivity index (χ0n) is 10.8. The summed E-state index contributed by atoms with van der Waals surface area (Å²) in [6.45, 7) is 2.58. The van der Waals surface area contributed by atoms with Crippen LogP contribution < -0.4 is 15.6 Å². The van der Waals surface area contributed by atoms with E-state index in [9.17, 15) is 9.59 Å². The van der Waals surface area contributed by atoms with Crippen LogP contribution in [0.25, 0.3) is 0 Å². The predicted molar refractivity (Wildman–Crippen MR) is 69.3 cm³/mol. The number of hydrazine groups is 1. The summed E-state index contributed by atoms with van der Waals surface area (Å²) in [7, 11) is 0. The molecule has 6 heteroatoms. The molecule has 1 rings (SSSR count). The fraction of sp³-hybridized carbons (Fsp3) is 0.385. The van der Waals surface area contributed by atoms with Crippen molar-refractivity contribution in [2.24, 2.45) is 0 Å². The zero-order valence-corrected chi connectivity index (χ0v) is 10.8. The number of amides is 2. The van der Waals surface area contributed by atoms with Crippen molar-refractivity contribution >= 4 is 11.8 Å². The third-order valence-corrected chi connectivity index (χ3v) is 2.13. The lowest BCUT2D eigenvalue weighted by Crippen LogP contribution is -2.44. The van der Waals surface area contributed by atoms with Gasteiger partial charge in [-0.1, -0.05) is 18.2 Å². The van der Waals surface area contributed by atoms with Crippen molar-refractivity contribution in [3.05, 3.63) is 30.3 Å². The first-order valence-corrected chi connectivity index (χ1v) is 6.05. The van der Waals surface area contributed by atoms with Crippen molar-refractivity contribution in [3.8, 4) is 5.75 Å². The van der Waals surface area contributed by atoms with Crippen molar-refractivity contribution in [1.82, 2.24) is 10.9 Å². The standard InChI is InChI=1S/C13H18N2O4/c1-2-18-9-8-12(16)14-15-13(17)10-19-11-6-4-3-5-7-11/h3-7H,2,8-10H2,1H3,(H,14,16)(H,15,17). The first-order valence-electron chi connectivity index (χ1n) is 6.05. The normalized spacial score (nSPS) is 9.74. The van der Waals surface area contributed by atoms with Gasteiger partial charge in [0.05, 0.1) is 13.0 Å². The molecule has 0 heterocycles. The largest absolute Gasteiger partial charge is 0.484 e. The van der Waals surface area contributed by atoms with Gasteiger partial charge in [0.15, 0.2) is 6.61 Å². The number of hydrogen-bond acceptors (Lipinski definition) is 4. The highest BCUT2D eigenvalue weighted by molar-refractivity contribution is 5.82. The van der Waals surface area contributed by atoms with Crippen LogP contribution in [0, 0.1) is 0 Å². The topological polar surface area (TPSA) is 76.7 Å². The molecule has 19 heavy (non-hydrogen) atoms. The molecule has 2 amide bonds. The number of carbonyl (C=O) groups excluding carboxylic acids is 2. The van der Waals surface area contributed by atoms with Crippen LogP contribution in [0.2, 0.25) is 0 Å². The van der Waals surface area contributed by atoms with Gasteiger partial charge in [0, 0.05) is 6.61 Å². The highest BCUT2D eigenvalue weighted by Crippen LogP contribution is 2.07. The fourth-order valence-corrected chi connectivity index (χ4v) is 1.21. The minimum atomic E-state index is -0.423. The molecule has 1 aromatic rings. The molecule has 104 valence electrons. The first-order chi connectivity index (χ1) is 9.22. The van der Waals surface area contributed by atoms with E-state index in [4.69, 9.17) is 9.47 Å². The number of ether oxygens (including phenoxy) is 2. The lowest BCUT2D eigenvalue weighted by atomic mass is 10.3. The number of carbonyl (C=O) groups is 2. The summed E-state index contributed by atoms with van der Waals surface area (Å²) in [5, 5.41) is 0. The molecular formula is C13H18N2O4. The maximum atomic E-state index is 11.4. The highest BCUT2D eigenvalue weighted by Gasteiger charge is 2.05. The van der Waals surface area contributed by atoms with Gasteiger partial charge in [-0.15, -0.1) is 0 Å². The maximum absolute atomic E-state index is 11.4. The van der Waals surface area contributed by atoms with Gasteiger partial charge in [0.25, 0.3) is 5.91 Å². The SMILES string of the molecule is CCOCCC(=O)NNC(=O)COc1ccccc1. The van der Waals surface area contributed by atoms with Crippen LogP contribution in [-0.2, 0) is 14.3 Å². The number of nitrogens with one attached hydrogen (secondary N) is 2. The number of hydrogen-bond donors (Lipinski definition) is 2. The molecule has 2 N–H and O–H groups in total. The molecule has 0 aliphatic heterocycles. The highest BCUT2D eigenvalue weighted by atomic mass is 16.5. The second-order valence-corrected chi connectivity index (χ2v) is 3.65. The molecule has 0 aliphatic rings. The predicted octanol–water partition coefficient (Wildman–Crippen LogP) is 0.639. The van der Waals surface area contributed by atoms with Crippen molar-refractivity contribution in [2.45, 2.75) is 13.3 Å². The summed E-state index contributed by atoms with van der Waals surface area (Å²) in [5.74, 6) is -0.129. The summed E-state index contributed by atoms with van der Waals surface area (Å²) < 4.78 is 10.2. The summed E-state index contributed by atoms with van der Waals surface area (Å²) in [4.78, 5) is 22.6. The molecule has 0 aromatic heterocycles. The molecule has 0 spiro atoms. The van der Waals surface area contributed by atoms with Crippen LogP contribution in [0.3, 0.4) is 0 Å². The Morgan fingerprint density at radius 3 is 2.47 bits per heavy atom. The third kappa shape index (κ3) is 7.05. The van der Waals surface area contributed by atoms with Gasteiger partial charge in [-0.3, -0.25) is 20.4 Å². The molecule has 0 fully saturated rings. The monoisotopic (exact) mass is 266 g/mol. The van der Waals surface area contributed by atoms with Crippen molar-refractivity contribution < 1.29 is 19.1 Å². The molecule has 0 unspecified atom stereocenters. The van der Waals surface area contributed by atoms with Gasteiger partial charge in [0.2, 0.25) is 5.91 Å². The van der Waals surface area contributed by atoms with E-state index in [2.05, 4.69) is 10.9 Å². The van der Waals surface area contributed by atoms with E-state index in [0.717, 1.165) is 0 Å². The Bertz CT molecular complexity index is 395. The molecule has 0 atom stereocenters. The molecule has 0 saturated carbocycles. The first kappa shape index (κ1) is 15.0. The third-order valence-electron chi connectivity index (χ3n) is 2.13. The Morgan fingerprint density at radius 2 is 1.79 bits per heavy atom. The van der Waals surface area contributed by atoms with Crippen molar-refractivity contribution in [2.75, 3.05) is 19.8 Å². The second-order valence-electron chi connectivity index (χ2n) is 3.65. The molecule has 0 bridgehead atoms. The average molecular weight is 266 g/mol. The summed E-state index contributed by atoms with van der Waals surface area (Å²) in [6, 6.07) is 8.96. The van der Waals surface area contributed by atoms with Crippen LogP contribution in [0.1, 0.15) is 13.3 Å². The zero-order chi connectivity index (χ0) is 13.9. The van der Waals surface area contributed by atoms with E-state index in [-0.39, 0.29) is 18.9 Å². The van der Waals surface area contributed by atoms with Crippen LogP contribution >= 0.6 is 0 Å². The van der Waals surface area contributed by atoms with Gasteiger partial charge >= 0.3 is 0 Å². The van der Waals surface area contributed by atoms with Crippen LogP contribution in [0.15, 0.2) is 30.3 Å². The van der Waals surface area contributed by atoms with Crippen LogP contribution in [0.5, 0.6) is 5.75 Å². The van der Waals surface area contributed by atoms with E-state index >= 15 is 0 Å². The van der Waals surface area contributed by atoms with Crippen molar-refractivity contribution in [1.29, 1.82) is 0 Å². The average Bonchev–Trinajstić information content (AvgIpc) is 2.44. The Hall–Kier alpha value is -2.08. The van der Waals surface area contributed by atoms with E-state index in [0.29, 0.717) is 19.0 Å². The number of para-hydroxylation sites is 1. The molecule has 6 nitrogen and oxygen atoms in total. The van der Waals surface area contributed by atoms with E-state index < -0.39 is 5.91 Å². The minimum absolute atomic E-state index is 0.157. The molecular weight excluding hydrogens is 248 g/mol. The Labute approximate surface area is 112 Å². The quantitative estimate of drug-likeness (QED) is 0.561. The van der Waals surface area contributed by atoms with Crippen molar-refractivity contribution in [3.63, 3.8) is 0 Å². The fourth-order valence-electron chi connectivity index (χ4n) is 1.21. The van der Waals surface area contributed by atoms with Gasteiger partial charge in [-0.2, -0.15) is 0 Å². The molecule has 0 aliphatic carbocycles. The minimum Gasteiger partial charge on any atom is -0.484 e. The summed E-state index contributed by atoms with van der Waals surface area (Å²) in [5.41, 5.74) is 4.54. The number of benzene rings is 1. The molecule has 1 aromatic carbocycles. The van der Waals surface area contributed by atoms with Gasteiger partial charge in [-0.05, 0) is 19.1 Å². The van der Waals surface area contributed by atoms with Crippen LogP contribution in [0.4, 0.5) is 0 Å². The van der Waals surface area contributed by atoms with Gasteiger partial charge in [0.1, 0.15) is 5.75 Å². The van der Waals surface area contributed by atoms with Gasteiger partial charge < -0.3 is 9.47 Å². The Morgan fingerprint density at radius 1 is 1.11 bits per heavy atom.